The van der Waals surface area contributed by atoms with E-state index < -0.39 is 23.0 Å². The lowest BCUT2D eigenvalue weighted by Crippen LogP contribution is -2.78. The minimum Gasteiger partial charge on any atom is -0.477 e. The second-order valence-corrected chi connectivity index (χ2v) is 6.59. The van der Waals surface area contributed by atoms with E-state index in [1.165, 1.54) is 25.8 Å². The molecule has 3 N–H and O–H groups in total. The van der Waals surface area contributed by atoms with E-state index in [-0.39, 0.29) is 16.6 Å². The van der Waals surface area contributed by atoms with E-state index in [0.29, 0.717) is 11.3 Å². The molecule has 110 valence electrons. The average molecular weight is 318 g/mol. The number of amides is 1. The molecular weight excluding hydrogens is 304 g/mol. The number of aliphatic carboxylic acids is 1. The van der Waals surface area contributed by atoms with E-state index in [2.05, 4.69) is 0 Å². The van der Waals surface area contributed by atoms with Crippen LogP contribution in [-0.4, -0.2) is 56.7 Å². The van der Waals surface area contributed by atoms with Gasteiger partial charge >= 0.3 is 5.97 Å². The van der Waals surface area contributed by atoms with Gasteiger partial charge in [-0.1, -0.05) is 11.8 Å². The summed E-state index contributed by atoms with van der Waals surface area (Å²) in [6.07, 6.45) is 0. The molecule has 0 saturated carbocycles. The molecule has 0 bridgehead atoms. The molecule has 0 aromatic carbocycles. The van der Waals surface area contributed by atoms with Crippen molar-refractivity contribution in [3.05, 3.63) is 11.3 Å². The van der Waals surface area contributed by atoms with Crippen molar-refractivity contribution in [1.29, 1.82) is 0 Å². The molecule has 0 unspecified atom stereocenters. The van der Waals surface area contributed by atoms with Crippen molar-refractivity contribution in [1.82, 2.24) is 4.90 Å². The fourth-order valence-corrected chi connectivity index (χ4v) is 4.24. The molecule has 1 amide bonds. The van der Waals surface area contributed by atoms with E-state index in [1.54, 1.807) is 0 Å². The number of ether oxygens (including phenoxy) is 1. The highest BCUT2D eigenvalue weighted by Crippen LogP contribution is 2.45. The van der Waals surface area contributed by atoms with Gasteiger partial charge in [-0.3, -0.25) is 20.2 Å². The molecule has 0 spiro atoms. The summed E-state index contributed by atoms with van der Waals surface area (Å²) in [6, 6.07) is 0. The number of nitrogens with zero attached hydrogens (tertiary/aromatic N) is 1. The quantitative estimate of drug-likeness (QED) is 0.543. The molecule has 0 radical (unpaired) electrons. The second-order valence-electron chi connectivity index (χ2n) is 4.37. The third-order valence-electron chi connectivity index (χ3n) is 3.14. The molecule has 2 rings (SSSR count). The lowest BCUT2D eigenvalue weighted by molar-refractivity contribution is -0.182. The van der Waals surface area contributed by atoms with Crippen LogP contribution in [0.3, 0.4) is 0 Å². The fraction of sp³-hybridized carbons (Fsp3) is 0.545. The highest BCUT2D eigenvalue weighted by Gasteiger charge is 2.63. The topological polar surface area (TPSA) is 110 Å². The smallest absolute Gasteiger partial charge is 0.352 e. The summed E-state index contributed by atoms with van der Waals surface area (Å²) in [4.78, 5) is 35.6. The first kappa shape index (κ1) is 15.4. The zero-order valence-corrected chi connectivity index (χ0v) is 12.5. The van der Waals surface area contributed by atoms with Crippen LogP contribution in [0.25, 0.3) is 0 Å². The average Bonchev–Trinajstić information content (AvgIpc) is 2.42. The first-order valence-corrected chi connectivity index (χ1v) is 7.74. The fourth-order valence-electron chi connectivity index (χ4n) is 2.10. The van der Waals surface area contributed by atoms with E-state index in [4.69, 9.17) is 10.5 Å². The lowest BCUT2D eigenvalue weighted by atomic mass is 10.00. The van der Waals surface area contributed by atoms with Crippen molar-refractivity contribution in [3.63, 3.8) is 0 Å². The number of rotatable bonds is 4. The number of thioether (sulfide) groups is 2. The maximum Gasteiger partial charge on any atom is 0.352 e. The molecule has 2 atom stereocenters. The molecule has 0 aromatic heterocycles. The lowest BCUT2D eigenvalue weighted by Gasteiger charge is -2.54. The van der Waals surface area contributed by atoms with E-state index in [1.807, 2.05) is 0 Å². The van der Waals surface area contributed by atoms with Crippen LogP contribution in [0.1, 0.15) is 6.92 Å². The number of hydrogen-bond acceptors (Lipinski definition) is 7. The predicted molar refractivity (Wildman–Crippen MR) is 74.8 cm³/mol. The van der Waals surface area contributed by atoms with Crippen LogP contribution in [-0.2, 0) is 19.1 Å². The molecule has 1 saturated heterocycles. The first-order chi connectivity index (χ1) is 9.32. The molecule has 1 fully saturated rings. The summed E-state index contributed by atoms with van der Waals surface area (Å²) in [5.41, 5.74) is 4.82. The van der Waals surface area contributed by atoms with Gasteiger partial charge in [0, 0.05) is 25.5 Å². The standard InChI is InChI=1S/C11H14N2O5S2/c1-5(14)19-3-6-4-20-10-11(12,18-2)9(17)13(10)7(6)8(15)16/h10H,3-4,12H2,1-2H3,(H,15,16)/t10-,11-/m0/s1. The Morgan fingerprint density at radius 3 is 2.80 bits per heavy atom. The van der Waals surface area contributed by atoms with E-state index in [0.717, 1.165) is 16.7 Å². The van der Waals surface area contributed by atoms with Crippen molar-refractivity contribution in [2.24, 2.45) is 5.73 Å². The largest absolute Gasteiger partial charge is 0.477 e. The van der Waals surface area contributed by atoms with E-state index in [9.17, 15) is 19.5 Å². The summed E-state index contributed by atoms with van der Waals surface area (Å²) in [5.74, 6) is -1.11. The van der Waals surface area contributed by atoms with Crippen molar-refractivity contribution in [2.75, 3.05) is 18.6 Å². The van der Waals surface area contributed by atoms with Crippen molar-refractivity contribution in [2.45, 2.75) is 18.0 Å². The Kier molecular flexibility index (Phi) is 4.14. The second kappa shape index (κ2) is 5.40. The van der Waals surface area contributed by atoms with Crippen LogP contribution < -0.4 is 5.73 Å². The molecular formula is C11H14N2O5S2. The van der Waals surface area contributed by atoms with Crippen molar-refractivity contribution < 1.29 is 24.2 Å². The van der Waals surface area contributed by atoms with Gasteiger partial charge in [-0.25, -0.2) is 4.79 Å². The van der Waals surface area contributed by atoms with Gasteiger partial charge in [0.1, 0.15) is 11.1 Å². The van der Waals surface area contributed by atoms with Crippen molar-refractivity contribution >= 4 is 40.5 Å². The van der Waals surface area contributed by atoms with Gasteiger partial charge in [-0.15, -0.1) is 11.8 Å². The maximum absolute atomic E-state index is 12.0. The minimum absolute atomic E-state index is 0.0781. The SMILES string of the molecule is CO[C@@]1(N)C(=O)N2C(C(=O)O)=C(CSC(C)=O)CS[C@H]21. The number of β-lactam (4-membered cyclic amide) rings is 1. The van der Waals surface area contributed by atoms with Crippen LogP contribution in [0.15, 0.2) is 11.3 Å². The summed E-state index contributed by atoms with van der Waals surface area (Å²) in [5, 5.41) is 8.67. The third kappa shape index (κ3) is 2.24. The monoisotopic (exact) mass is 318 g/mol. The Labute approximate surface area is 123 Å². The van der Waals surface area contributed by atoms with Gasteiger partial charge < -0.3 is 9.84 Å². The van der Waals surface area contributed by atoms with Crippen molar-refractivity contribution in [3.8, 4) is 0 Å². The Bertz CT molecular complexity index is 521. The van der Waals surface area contributed by atoms with Crippen LogP contribution in [0, 0.1) is 0 Å². The van der Waals surface area contributed by atoms with Gasteiger partial charge in [0.25, 0.3) is 5.91 Å². The normalized spacial score (nSPS) is 29.1. The molecule has 7 nitrogen and oxygen atoms in total. The summed E-state index contributed by atoms with van der Waals surface area (Å²) >= 11 is 2.36. The molecule has 2 aliphatic heterocycles. The molecule has 2 heterocycles. The number of carboxylic acid groups (broad SMARTS) is 1. The number of carboxylic acids is 1. The highest BCUT2D eigenvalue weighted by atomic mass is 32.2. The van der Waals surface area contributed by atoms with Gasteiger partial charge in [0.2, 0.25) is 5.72 Å². The van der Waals surface area contributed by atoms with Crippen LogP contribution in [0.5, 0.6) is 0 Å². The molecule has 0 aliphatic carbocycles. The van der Waals surface area contributed by atoms with Gasteiger partial charge in [-0.2, -0.15) is 0 Å². The van der Waals surface area contributed by atoms with Crippen LogP contribution >= 0.6 is 23.5 Å². The molecule has 0 aromatic rings. The first-order valence-electron chi connectivity index (χ1n) is 5.71. The molecule has 20 heavy (non-hydrogen) atoms. The Morgan fingerprint density at radius 1 is 1.65 bits per heavy atom. The maximum atomic E-state index is 12.0. The highest BCUT2D eigenvalue weighted by molar-refractivity contribution is 8.13. The van der Waals surface area contributed by atoms with E-state index >= 15 is 0 Å². The Morgan fingerprint density at radius 2 is 2.30 bits per heavy atom. The Balaban J connectivity index is 2.31. The van der Waals surface area contributed by atoms with Crippen LogP contribution in [0.2, 0.25) is 0 Å². The van der Waals surface area contributed by atoms with Crippen LogP contribution in [0.4, 0.5) is 0 Å². The number of hydrogen-bond donors (Lipinski definition) is 2. The number of carbonyl (C=O) groups is 3. The third-order valence-corrected chi connectivity index (χ3v) is 5.43. The summed E-state index contributed by atoms with van der Waals surface area (Å²) < 4.78 is 5.01. The minimum atomic E-state index is -1.47. The molecule has 2 aliphatic rings. The van der Waals surface area contributed by atoms with Gasteiger partial charge in [-0.05, 0) is 5.57 Å². The number of carbonyl (C=O) groups excluding carboxylic acids is 2. The Hall–Kier alpha value is -1.03. The predicted octanol–water partition coefficient (Wildman–Crippen LogP) is -0.179. The number of fused-ring (bicyclic) bond motifs is 1. The number of methoxy groups -OCH3 is 1. The summed E-state index contributed by atoms with van der Waals surface area (Å²) in [6.45, 7) is 1.41. The molecule has 9 heteroatoms. The zero-order valence-electron chi connectivity index (χ0n) is 10.9. The van der Waals surface area contributed by atoms with Gasteiger partial charge in [0.15, 0.2) is 5.12 Å². The summed E-state index contributed by atoms with van der Waals surface area (Å²) in [7, 11) is 1.32. The van der Waals surface area contributed by atoms with Gasteiger partial charge in [0.05, 0.1) is 0 Å². The number of nitrogens with two attached hydrogens (primary N) is 1. The zero-order chi connectivity index (χ0) is 15.1.